The molecular weight excluding hydrogens is 398 g/mol. The summed E-state index contributed by atoms with van der Waals surface area (Å²) in [6.45, 7) is 5.40. The summed E-state index contributed by atoms with van der Waals surface area (Å²) in [6.07, 6.45) is 1.34. The van der Waals surface area contributed by atoms with Crippen molar-refractivity contribution in [2.24, 2.45) is 0 Å². The lowest BCUT2D eigenvalue weighted by atomic mass is 10.1. The number of hydrogen-bond acceptors (Lipinski definition) is 6. The van der Waals surface area contributed by atoms with Gasteiger partial charge in [-0.05, 0) is 43.2 Å². The second kappa shape index (κ2) is 9.04. The summed E-state index contributed by atoms with van der Waals surface area (Å²) in [6, 6.07) is 9.05. The fourth-order valence-electron chi connectivity index (χ4n) is 2.74. The van der Waals surface area contributed by atoms with Crippen LogP contribution in [0.2, 0.25) is 0 Å². The van der Waals surface area contributed by atoms with E-state index in [2.05, 4.69) is 10.3 Å². The number of aromatic nitrogens is 1. The van der Waals surface area contributed by atoms with Crippen LogP contribution >= 0.6 is 11.8 Å². The fourth-order valence-corrected chi connectivity index (χ4v) is 4.73. The number of morpholine rings is 1. The minimum atomic E-state index is -3.56. The average molecular weight is 422 g/mol. The number of amides is 1. The lowest BCUT2D eigenvalue weighted by Gasteiger charge is -2.25. The van der Waals surface area contributed by atoms with Crippen LogP contribution in [0.3, 0.4) is 0 Å². The van der Waals surface area contributed by atoms with Crippen LogP contribution < -0.4 is 5.32 Å². The van der Waals surface area contributed by atoms with Gasteiger partial charge in [-0.15, -0.1) is 0 Å². The van der Waals surface area contributed by atoms with Crippen molar-refractivity contribution in [3.8, 4) is 0 Å². The Balaban J connectivity index is 1.58. The Bertz CT molecular complexity index is 940. The smallest absolute Gasteiger partial charge is 0.244 e. The molecular formula is C19H23N3O4S2. The first-order chi connectivity index (χ1) is 13.4. The third-order valence-electron chi connectivity index (χ3n) is 4.34. The molecule has 0 radical (unpaired) electrons. The molecule has 28 heavy (non-hydrogen) atoms. The van der Waals surface area contributed by atoms with E-state index in [9.17, 15) is 13.2 Å². The molecule has 1 saturated heterocycles. The Morgan fingerprint density at radius 2 is 1.96 bits per heavy atom. The summed E-state index contributed by atoms with van der Waals surface area (Å²) in [5.41, 5.74) is 2.87. The molecule has 9 heteroatoms. The van der Waals surface area contributed by atoms with Gasteiger partial charge in [-0.1, -0.05) is 23.9 Å². The zero-order chi connectivity index (χ0) is 20.1. The molecule has 150 valence electrons. The van der Waals surface area contributed by atoms with Gasteiger partial charge in [0.05, 0.1) is 24.0 Å². The largest absolute Gasteiger partial charge is 0.379 e. The van der Waals surface area contributed by atoms with E-state index in [0.717, 1.165) is 16.8 Å². The number of carbonyl (C=O) groups excluding carboxylic acids is 1. The van der Waals surface area contributed by atoms with E-state index in [4.69, 9.17) is 4.74 Å². The molecule has 0 atom stereocenters. The predicted octanol–water partition coefficient (Wildman–Crippen LogP) is 2.45. The Morgan fingerprint density at radius 3 is 2.64 bits per heavy atom. The first kappa shape index (κ1) is 20.8. The van der Waals surface area contributed by atoms with Gasteiger partial charge < -0.3 is 10.1 Å². The van der Waals surface area contributed by atoms with Crippen molar-refractivity contribution in [1.82, 2.24) is 9.29 Å². The maximum Gasteiger partial charge on any atom is 0.244 e. The van der Waals surface area contributed by atoms with Crippen molar-refractivity contribution < 1.29 is 17.9 Å². The van der Waals surface area contributed by atoms with Crippen LogP contribution in [-0.2, 0) is 19.6 Å². The molecule has 3 rings (SSSR count). The second-order valence-corrected chi connectivity index (χ2v) is 9.44. The summed E-state index contributed by atoms with van der Waals surface area (Å²) in [7, 11) is -3.56. The number of nitrogens with one attached hydrogen (secondary N) is 1. The third-order valence-corrected chi connectivity index (χ3v) is 7.16. The molecule has 2 heterocycles. The van der Waals surface area contributed by atoms with E-state index in [1.807, 2.05) is 32.0 Å². The summed E-state index contributed by atoms with van der Waals surface area (Å²) in [5.74, 6) is 0.0566. The number of ether oxygens (including phenoxy) is 1. The van der Waals surface area contributed by atoms with E-state index < -0.39 is 10.0 Å². The first-order valence-electron chi connectivity index (χ1n) is 8.90. The highest BCUT2D eigenvalue weighted by molar-refractivity contribution is 7.99. The van der Waals surface area contributed by atoms with Crippen LogP contribution in [0.5, 0.6) is 0 Å². The second-order valence-electron chi connectivity index (χ2n) is 6.50. The average Bonchev–Trinajstić information content (AvgIpc) is 2.70. The molecule has 0 unspecified atom stereocenters. The SMILES string of the molecule is Cc1ccc(C)c(NC(=O)CSc2ccc(S(=O)(=O)N3CCOCC3)cn2)c1. The van der Waals surface area contributed by atoms with Gasteiger partial charge in [0.1, 0.15) is 4.90 Å². The van der Waals surface area contributed by atoms with Gasteiger partial charge in [0.2, 0.25) is 15.9 Å². The van der Waals surface area contributed by atoms with Crippen molar-refractivity contribution in [3.05, 3.63) is 47.7 Å². The number of thioether (sulfide) groups is 1. The normalized spacial score (nSPS) is 15.4. The molecule has 1 aromatic heterocycles. The van der Waals surface area contributed by atoms with E-state index in [1.54, 1.807) is 6.07 Å². The molecule has 1 aliphatic rings. The molecule has 0 saturated carbocycles. The van der Waals surface area contributed by atoms with Gasteiger partial charge in [-0.2, -0.15) is 4.31 Å². The monoisotopic (exact) mass is 421 g/mol. The van der Waals surface area contributed by atoms with Crippen molar-refractivity contribution in [2.75, 3.05) is 37.4 Å². The highest BCUT2D eigenvalue weighted by atomic mass is 32.2. The molecule has 1 aliphatic heterocycles. The third kappa shape index (κ3) is 5.11. The number of anilines is 1. The number of hydrogen-bond donors (Lipinski definition) is 1. The van der Waals surface area contributed by atoms with Crippen LogP contribution in [0.15, 0.2) is 46.5 Å². The maximum absolute atomic E-state index is 12.6. The number of sulfonamides is 1. The minimum Gasteiger partial charge on any atom is -0.379 e. The Labute approximate surface area is 169 Å². The molecule has 7 nitrogen and oxygen atoms in total. The fraction of sp³-hybridized carbons (Fsp3) is 0.368. The number of benzene rings is 1. The lowest BCUT2D eigenvalue weighted by Crippen LogP contribution is -2.40. The highest BCUT2D eigenvalue weighted by Gasteiger charge is 2.26. The summed E-state index contributed by atoms with van der Waals surface area (Å²) < 4.78 is 31.8. The highest BCUT2D eigenvalue weighted by Crippen LogP contribution is 2.21. The Kier molecular flexibility index (Phi) is 6.71. The molecule has 0 bridgehead atoms. The van der Waals surface area contributed by atoms with Crippen LogP contribution in [-0.4, -0.2) is 55.7 Å². The minimum absolute atomic E-state index is 0.134. The molecule has 0 spiro atoms. The molecule has 1 aromatic carbocycles. The Morgan fingerprint density at radius 1 is 1.21 bits per heavy atom. The van der Waals surface area contributed by atoms with Gasteiger partial charge in [-0.3, -0.25) is 4.79 Å². The molecule has 0 aliphatic carbocycles. The zero-order valence-corrected chi connectivity index (χ0v) is 17.5. The van der Waals surface area contributed by atoms with E-state index in [0.29, 0.717) is 31.3 Å². The van der Waals surface area contributed by atoms with Crippen molar-refractivity contribution in [1.29, 1.82) is 0 Å². The number of carbonyl (C=O) groups is 1. The number of nitrogens with zero attached hydrogens (tertiary/aromatic N) is 2. The quantitative estimate of drug-likeness (QED) is 0.721. The van der Waals surface area contributed by atoms with Crippen LogP contribution in [0.1, 0.15) is 11.1 Å². The van der Waals surface area contributed by atoms with Gasteiger partial charge in [0, 0.05) is 25.0 Å². The van der Waals surface area contributed by atoms with Crippen molar-refractivity contribution >= 4 is 33.4 Å². The summed E-state index contributed by atoms with van der Waals surface area (Å²) in [5, 5.41) is 3.49. The zero-order valence-electron chi connectivity index (χ0n) is 15.8. The van der Waals surface area contributed by atoms with Gasteiger partial charge in [0.15, 0.2) is 0 Å². The number of pyridine rings is 1. The molecule has 1 fully saturated rings. The van der Waals surface area contributed by atoms with Crippen LogP contribution in [0.4, 0.5) is 5.69 Å². The van der Waals surface area contributed by atoms with E-state index in [1.165, 1.54) is 28.3 Å². The van der Waals surface area contributed by atoms with Crippen molar-refractivity contribution in [2.45, 2.75) is 23.8 Å². The number of rotatable bonds is 6. The van der Waals surface area contributed by atoms with Crippen LogP contribution in [0.25, 0.3) is 0 Å². The van der Waals surface area contributed by atoms with Gasteiger partial charge in [-0.25, -0.2) is 13.4 Å². The topological polar surface area (TPSA) is 88.6 Å². The molecule has 2 aromatic rings. The predicted molar refractivity (Wildman–Crippen MR) is 109 cm³/mol. The van der Waals surface area contributed by atoms with Gasteiger partial charge in [0.25, 0.3) is 0 Å². The standard InChI is InChI=1S/C19H23N3O4S2/c1-14-3-4-15(2)17(11-14)21-18(23)13-27-19-6-5-16(12-20-19)28(24,25)22-7-9-26-10-8-22/h3-6,11-12H,7-10,13H2,1-2H3,(H,21,23). The van der Waals surface area contributed by atoms with E-state index in [-0.39, 0.29) is 16.6 Å². The maximum atomic E-state index is 12.6. The van der Waals surface area contributed by atoms with Gasteiger partial charge >= 0.3 is 0 Å². The Hall–Kier alpha value is -1.94. The van der Waals surface area contributed by atoms with E-state index >= 15 is 0 Å². The molecule has 1 amide bonds. The van der Waals surface area contributed by atoms with Crippen LogP contribution in [0, 0.1) is 13.8 Å². The molecule has 1 N–H and O–H groups in total. The number of aryl methyl sites for hydroxylation is 2. The summed E-state index contributed by atoms with van der Waals surface area (Å²) in [4.78, 5) is 16.6. The lowest BCUT2D eigenvalue weighted by molar-refractivity contribution is -0.113. The summed E-state index contributed by atoms with van der Waals surface area (Å²) >= 11 is 1.26. The first-order valence-corrected chi connectivity index (χ1v) is 11.3. The van der Waals surface area contributed by atoms with Crippen molar-refractivity contribution in [3.63, 3.8) is 0 Å².